The second-order valence-electron chi connectivity index (χ2n) is 5.30. The molecule has 2 aromatic heterocycles. The van der Waals surface area contributed by atoms with Gasteiger partial charge in [-0.05, 0) is 6.42 Å². The van der Waals surface area contributed by atoms with E-state index in [9.17, 15) is 4.79 Å². The first-order chi connectivity index (χ1) is 8.95. The standard InChI is InChI=1S/C12H17N5OS/c1-12(2,3)10-16-11(19-17-10)15-9(18)5-4-8-6-13-7-14-8/h6-7H,4-5H2,1-3H3,(H,13,14)(H,15,16,17,18). The number of amides is 1. The molecule has 0 saturated carbocycles. The fourth-order valence-electron chi connectivity index (χ4n) is 1.43. The van der Waals surface area contributed by atoms with Crippen LogP contribution in [0.3, 0.4) is 0 Å². The van der Waals surface area contributed by atoms with Crippen LogP contribution in [0, 0.1) is 0 Å². The van der Waals surface area contributed by atoms with Crippen molar-refractivity contribution < 1.29 is 4.79 Å². The van der Waals surface area contributed by atoms with E-state index >= 15 is 0 Å². The van der Waals surface area contributed by atoms with Gasteiger partial charge in [0.1, 0.15) is 5.82 Å². The zero-order valence-corrected chi connectivity index (χ0v) is 12.0. The number of imidazole rings is 1. The van der Waals surface area contributed by atoms with Gasteiger partial charge in [-0.1, -0.05) is 20.8 Å². The third kappa shape index (κ3) is 3.85. The Kier molecular flexibility index (Phi) is 3.94. The Bertz CT molecular complexity index is 541. The number of anilines is 1. The largest absolute Gasteiger partial charge is 0.348 e. The van der Waals surface area contributed by atoms with E-state index in [2.05, 4.69) is 24.6 Å². The van der Waals surface area contributed by atoms with Crippen LogP contribution in [0.1, 0.15) is 38.7 Å². The van der Waals surface area contributed by atoms with Crippen LogP contribution in [-0.4, -0.2) is 25.2 Å². The lowest BCUT2D eigenvalue weighted by Crippen LogP contribution is -2.15. The molecule has 2 aromatic rings. The van der Waals surface area contributed by atoms with Crippen molar-refractivity contribution in [3.63, 3.8) is 0 Å². The number of hydrogen-bond donors (Lipinski definition) is 2. The molecule has 2 rings (SSSR count). The molecule has 0 aromatic carbocycles. The van der Waals surface area contributed by atoms with Crippen molar-refractivity contribution in [1.29, 1.82) is 0 Å². The van der Waals surface area contributed by atoms with E-state index in [-0.39, 0.29) is 11.3 Å². The van der Waals surface area contributed by atoms with Gasteiger partial charge in [0.15, 0.2) is 0 Å². The van der Waals surface area contributed by atoms with Crippen LogP contribution in [-0.2, 0) is 16.6 Å². The van der Waals surface area contributed by atoms with Crippen molar-refractivity contribution in [3.8, 4) is 0 Å². The number of H-pyrrole nitrogens is 1. The number of aryl methyl sites for hydroxylation is 1. The van der Waals surface area contributed by atoms with Crippen LogP contribution in [0.25, 0.3) is 0 Å². The normalized spacial score (nSPS) is 11.5. The fourth-order valence-corrected chi connectivity index (χ4v) is 2.20. The molecule has 0 radical (unpaired) electrons. The maximum absolute atomic E-state index is 11.8. The molecule has 19 heavy (non-hydrogen) atoms. The first kappa shape index (κ1) is 13.7. The summed E-state index contributed by atoms with van der Waals surface area (Å²) in [4.78, 5) is 23.0. The van der Waals surface area contributed by atoms with E-state index in [0.717, 1.165) is 11.5 Å². The number of hydrogen-bond acceptors (Lipinski definition) is 5. The van der Waals surface area contributed by atoms with E-state index in [4.69, 9.17) is 0 Å². The lowest BCUT2D eigenvalue weighted by Gasteiger charge is -2.12. The molecule has 2 heterocycles. The smallest absolute Gasteiger partial charge is 0.226 e. The van der Waals surface area contributed by atoms with Crippen LogP contribution in [0.5, 0.6) is 0 Å². The van der Waals surface area contributed by atoms with Crippen molar-refractivity contribution in [3.05, 3.63) is 24.0 Å². The summed E-state index contributed by atoms with van der Waals surface area (Å²) in [6, 6.07) is 0. The summed E-state index contributed by atoms with van der Waals surface area (Å²) >= 11 is 1.21. The molecule has 0 spiro atoms. The highest BCUT2D eigenvalue weighted by molar-refractivity contribution is 7.09. The Hall–Kier alpha value is -1.76. The van der Waals surface area contributed by atoms with Crippen molar-refractivity contribution >= 4 is 22.6 Å². The van der Waals surface area contributed by atoms with Gasteiger partial charge in [0, 0.05) is 35.3 Å². The van der Waals surface area contributed by atoms with Gasteiger partial charge in [0.2, 0.25) is 11.0 Å². The molecule has 0 aliphatic rings. The lowest BCUT2D eigenvalue weighted by atomic mass is 9.96. The number of nitrogens with one attached hydrogen (secondary N) is 2. The maximum atomic E-state index is 11.8. The minimum absolute atomic E-state index is 0.0637. The summed E-state index contributed by atoms with van der Waals surface area (Å²) in [5.41, 5.74) is 0.845. The van der Waals surface area contributed by atoms with Crippen molar-refractivity contribution in [2.24, 2.45) is 0 Å². The van der Waals surface area contributed by atoms with E-state index in [0.29, 0.717) is 18.0 Å². The minimum Gasteiger partial charge on any atom is -0.348 e. The molecule has 0 fully saturated rings. The molecule has 7 heteroatoms. The number of nitrogens with zero attached hydrogens (tertiary/aromatic N) is 3. The Morgan fingerprint density at radius 1 is 1.47 bits per heavy atom. The van der Waals surface area contributed by atoms with E-state index < -0.39 is 0 Å². The van der Waals surface area contributed by atoms with Gasteiger partial charge in [-0.3, -0.25) is 4.79 Å². The lowest BCUT2D eigenvalue weighted by molar-refractivity contribution is -0.116. The minimum atomic E-state index is -0.102. The quantitative estimate of drug-likeness (QED) is 0.898. The molecule has 6 nitrogen and oxygen atoms in total. The zero-order chi connectivity index (χ0) is 13.9. The summed E-state index contributed by atoms with van der Waals surface area (Å²) in [5, 5.41) is 3.32. The van der Waals surface area contributed by atoms with Crippen molar-refractivity contribution in [2.75, 3.05) is 5.32 Å². The Morgan fingerprint density at radius 2 is 2.26 bits per heavy atom. The van der Waals surface area contributed by atoms with Crippen LogP contribution in [0.2, 0.25) is 0 Å². The molecular weight excluding hydrogens is 262 g/mol. The highest BCUT2D eigenvalue weighted by Crippen LogP contribution is 2.22. The van der Waals surface area contributed by atoms with Gasteiger partial charge < -0.3 is 10.3 Å². The fraction of sp³-hybridized carbons (Fsp3) is 0.500. The first-order valence-corrected chi connectivity index (χ1v) is 6.84. The third-order valence-electron chi connectivity index (χ3n) is 2.52. The molecule has 1 amide bonds. The number of rotatable bonds is 4. The summed E-state index contributed by atoms with van der Waals surface area (Å²) in [7, 11) is 0. The number of carbonyl (C=O) groups is 1. The maximum Gasteiger partial charge on any atom is 0.226 e. The van der Waals surface area contributed by atoms with Crippen molar-refractivity contribution in [2.45, 2.75) is 39.0 Å². The molecule has 0 saturated heterocycles. The van der Waals surface area contributed by atoms with Gasteiger partial charge in [-0.2, -0.15) is 4.37 Å². The van der Waals surface area contributed by atoms with Crippen LogP contribution in [0.4, 0.5) is 5.13 Å². The molecule has 0 unspecified atom stereocenters. The zero-order valence-electron chi connectivity index (χ0n) is 11.2. The third-order valence-corrected chi connectivity index (χ3v) is 3.15. The second kappa shape index (κ2) is 5.48. The number of aromatic amines is 1. The average molecular weight is 279 g/mol. The Balaban J connectivity index is 1.87. The van der Waals surface area contributed by atoms with Crippen molar-refractivity contribution in [1.82, 2.24) is 19.3 Å². The SMILES string of the molecule is CC(C)(C)c1nsc(NC(=O)CCc2cnc[nH]2)n1. The van der Waals surface area contributed by atoms with Crippen LogP contribution in [0.15, 0.2) is 12.5 Å². The highest BCUT2D eigenvalue weighted by Gasteiger charge is 2.20. The molecular formula is C12H17N5OS. The molecule has 0 bridgehead atoms. The number of carbonyl (C=O) groups excluding carboxylic acids is 1. The van der Waals surface area contributed by atoms with Gasteiger partial charge in [0.25, 0.3) is 0 Å². The molecule has 0 aliphatic heterocycles. The summed E-state index contributed by atoms with van der Waals surface area (Å²) in [6.45, 7) is 6.12. The topological polar surface area (TPSA) is 83.6 Å². The monoisotopic (exact) mass is 279 g/mol. The van der Waals surface area contributed by atoms with Crippen LogP contribution < -0.4 is 5.32 Å². The predicted molar refractivity (Wildman–Crippen MR) is 74.1 cm³/mol. The highest BCUT2D eigenvalue weighted by atomic mass is 32.1. The second-order valence-corrected chi connectivity index (χ2v) is 6.05. The average Bonchev–Trinajstić information content (AvgIpc) is 2.95. The summed E-state index contributed by atoms with van der Waals surface area (Å²) in [6.07, 6.45) is 4.35. The molecule has 0 aliphatic carbocycles. The first-order valence-electron chi connectivity index (χ1n) is 6.06. The van der Waals surface area contributed by atoms with E-state index in [1.165, 1.54) is 11.5 Å². The molecule has 0 atom stereocenters. The molecule has 102 valence electrons. The van der Waals surface area contributed by atoms with Gasteiger partial charge >= 0.3 is 0 Å². The van der Waals surface area contributed by atoms with E-state index in [1.54, 1.807) is 12.5 Å². The Labute approximate surface area is 115 Å². The van der Waals surface area contributed by atoms with Gasteiger partial charge in [-0.15, -0.1) is 0 Å². The molecule has 2 N–H and O–H groups in total. The summed E-state index contributed by atoms with van der Waals surface area (Å²) in [5.74, 6) is 0.688. The number of aromatic nitrogens is 4. The van der Waals surface area contributed by atoms with Gasteiger partial charge in [-0.25, -0.2) is 9.97 Å². The van der Waals surface area contributed by atoms with Crippen LogP contribution >= 0.6 is 11.5 Å². The predicted octanol–water partition coefficient (Wildman–Crippen LogP) is 2.13. The van der Waals surface area contributed by atoms with Gasteiger partial charge in [0.05, 0.1) is 6.33 Å². The summed E-state index contributed by atoms with van der Waals surface area (Å²) < 4.78 is 4.25. The Morgan fingerprint density at radius 3 is 2.84 bits per heavy atom. The van der Waals surface area contributed by atoms with E-state index in [1.807, 2.05) is 20.8 Å².